The van der Waals surface area contributed by atoms with E-state index in [1.54, 1.807) is 29.2 Å². The van der Waals surface area contributed by atoms with E-state index in [-0.39, 0.29) is 22.9 Å². The Morgan fingerprint density at radius 1 is 0.824 bits per heavy atom. The van der Waals surface area contributed by atoms with Crippen molar-refractivity contribution in [3.05, 3.63) is 96.1 Å². The molecule has 1 amide bonds. The van der Waals surface area contributed by atoms with Gasteiger partial charge in [-0.25, -0.2) is 13.2 Å². The van der Waals surface area contributed by atoms with Crippen molar-refractivity contribution in [2.45, 2.75) is 25.3 Å². The van der Waals surface area contributed by atoms with Gasteiger partial charge in [-0.2, -0.15) is 0 Å². The van der Waals surface area contributed by atoms with Gasteiger partial charge in [0.05, 0.1) is 22.7 Å². The summed E-state index contributed by atoms with van der Waals surface area (Å²) in [6.07, 6.45) is 0. The Morgan fingerprint density at radius 2 is 1.44 bits per heavy atom. The summed E-state index contributed by atoms with van der Waals surface area (Å²) < 4.78 is 33.8. The van der Waals surface area contributed by atoms with Crippen molar-refractivity contribution in [3.8, 4) is 0 Å². The number of anilines is 1. The summed E-state index contributed by atoms with van der Waals surface area (Å²) in [6.45, 7) is 4.42. The average Bonchev–Trinajstić information content (AvgIpc) is 2.87. The van der Waals surface area contributed by atoms with Gasteiger partial charge in [0.25, 0.3) is 15.9 Å². The number of para-hydroxylation sites is 1. The molecule has 3 rings (SSSR count). The number of carbonyl (C=O) groups excluding carboxylic acids is 2. The molecule has 178 valence electrons. The molecule has 0 aliphatic heterocycles. The molecule has 0 aliphatic rings. The number of amides is 1. The van der Waals surface area contributed by atoms with Crippen LogP contribution in [0.15, 0.2) is 89.8 Å². The minimum absolute atomic E-state index is 0.0446. The molecule has 0 aliphatic carbocycles. The van der Waals surface area contributed by atoms with Crippen LogP contribution in [-0.2, 0) is 26.1 Å². The van der Waals surface area contributed by atoms with Gasteiger partial charge in [-0.3, -0.25) is 9.10 Å². The van der Waals surface area contributed by atoms with Crippen LogP contribution in [0.3, 0.4) is 0 Å². The van der Waals surface area contributed by atoms with E-state index >= 15 is 0 Å². The van der Waals surface area contributed by atoms with Crippen LogP contribution in [0.4, 0.5) is 5.69 Å². The number of benzene rings is 3. The van der Waals surface area contributed by atoms with Crippen molar-refractivity contribution in [3.63, 3.8) is 0 Å². The highest BCUT2D eigenvalue weighted by Crippen LogP contribution is 2.26. The number of carbonyl (C=O) groups is 2. The van der Waals surface area contributed by atoms with Gasteiger partial charge >= 0.3 is 5.97 Å². The van der Waals surface area contributed by atoms with Gasteiger partial charge in [0.15, 0.2) is 6.61 Å². The highest BCUT2D eigenvalue weighted by Gasteiger charge is 2.26. The molecule has 0 saturated heterocycles. The smallest absolute Gasteiger partial charge is 0.338 e. The fraction of sp³-hybridized carbons (Fsp3) is 0.231. The summed E-state index contributed by atoms with van der Waals surface area (Å²) in [4.78, 5) is 26.2. The third-order valence-electron chi connectivity index (χ3n) is 5.31. The largest absolute Gasteiger partial charge is 0.452 e. The van der Waals surface area contributed by atoms with Crippen molar-refractivity contribution in [1.29, 1.82) is 0 Å². The summed E-state index contributed by atoms with van der Waals surface area (Å²) >= 11 is 0. The van der Waals surface area contributed by atoms with E-state index in [0.29, 0.717) is 18.8 Å². The van der Waals surface area contributed by atoms with Gasteiger partial charge in [-0.05, 0) is 49.7 Å². The molecule has 3 aromatic rings. The first-order chi connectivity index (χ1) is 16.4. The van der Waals surface area contributed by atoms with Crippen molar-refractivity contribution in [2.75, 3.05) is 24.0 Å². The number of hydrogen-bond donors (Lipinski definition) is 0. The minimum atomic E-state index is -4.01. The van der Waals surface area contributed by atoms with Crippen LogP contribution >= 0.6 is 0 Å². The Hall–Kier alpha value is -3.65. The molecule has 0 heterocycles. The number of hydrogen-bond acceptors (Lipinski definition) is 5. The zero-order valence-electron chi connectivity index (χ0n) is 19.3. The maximum absolute atomic E-state index is 13.7. The van der Waals surface area contributed by atoms with Crippen molar-refractivity contribution in [2.24, 2.45) is 0 Å². The molecule has 0 aromatic heterocycles. The monoisotopic (exact) mass is 480 g/mol. The molecule has 0 unspecified atom stereocenters. The van der Waals surface area contributed by atoms with Crippen LogP contribution in [0.25, 0.3) is 0 Å². The SMILES string of the molecule is CCN(CC)C(=O)COC(=O)c1cccc(S(=O)(=O)N(Cc2ccccc2)c2ccccc2)c1. The quantitative estimate of drug-likeness (QED) is 0.408. The van der Waals surface area contributed by atoms with Gasteiger partial charge < -0.3 is 9.64 Å². The fourth-order valence-electron chi connectivity index (χ4n) is 3.45. The van der Waals surface area contributed by atoms with Gasteiger partial charge in [0.2, 0.25) is 0 Å². The number of sulfonamides is 1. The Balaban J connectivity index is 1.87. The molecule has 0 bridgehead atoms. The van der Waals surface area contributed by atoms with Crippen LogP contribution in [0.2, 0.25) is 0 Å². The fourth-order valence-corrected chi connectivity index (χ4v) is 4.95. The summed E-state index contributed by atoms with van der Waals surface area (Å²) in [7, 11) is -4.01. The number of ether oxygens (including phenoxy) is 1. The van der Waals surface area contributed by atoms with Gasteiger partial charge in [-0.1, -0.05) is 54.6 Å². The molecular weight excluding hydrogens is 452 g/mol. The lowest BCUT2D eigenvalue weighted by Crippen LogP contribution is -2.34. The third-order valence-corrected chi connectivity index (χ3v) is 7.08. The highest BCUT2D eigenvalue weighted by atomic mass is 32.2. The first-order valence-corrected chi connectivity index (χ1v) is 12.5. The Bertz CT molecular complexity index is 1210. The second kappa shape index (κ2) is 11.5. The summed E-state index contributed by atoms with van der Waals surface area (Å²) in [6, 6.07) is 23.7. The van der Waals surface area contributed by atoms with E-state index in [0.717, 1.165) is 5.56 Å². The molecule has 8 heteroatoms. The molecule has 0 spiro atoms. The molecular formula is C26H28N2O5S. The van der Waals surface area contributed by atoms with Crippen LogP contribution in [0.1, 0.15) is 29.8 Å². The average molecular weight is 481 g/mol. The lowest BCUT2D eigenvalue weighted by Gasteiger charge is -2.25. The zero-order chi connectivity index (χ0) is 24.6. The normalized spacial score (nSPS) is 11.0. The van der Waals surface area contributed by atoms with Crippen LogP contribution in [-0.4, -0.2) is 44.9 Å². The lowest BCUT2D eigenvalue weighted by molar-refractivity contribution is -0.134. The predicted octanol–water partition coefficient (Wildman–Crippen LogP) is 4.11. The van der Waals surface area contributed by atoms with Crippen molar-refractivity contribution in [1.82, 2.24) is 4.90 Å². The molecule has 0 fully saturated rings. The van der Waals surface area contributed by atoms with Crippen molar-refractivity contribution >= 4 is 27.6 Å². The van der Waals surface area contributed by atoms with E-state index in [4.69, 9.17) is 4.74 Å². The third kappa shape index (κ3) is 6.02. The Morgan fingerprint density at radius 3 is 2.06 bits per heavy atom. The Kier molecular flexibility index (Phi) is 8.43. The Labute approximate surface area is 200 Å². The first-order valence-electron chi connectivity index (χ1n) is 11.0. The van der Waals surface area contributed by atoms with Crippen LogP contribution < -0.4 is 4.31 Å². The topological polar surface area (TPSA) is 84.0 Å². The zero-order valence-corrected chi connectivity index (χ0v) is 20.1. The van der Waals surface area contributed by atoms with Gasteiger partial charge in [0, 0.05) is 13.1 Å². The molecule has 3 aromatic carbocycles. The summed E-state index contributed by atoms with van der Waals surface area (Å²) in [5.74, 6) is -1.06. The highest BCUT2D eigenvalue weighted by molar-refractivity contribution is 7.92. The molecule has 0 atom stereocenters. The van der Waals surface area contributed by atoms with E-state index in [9.17, 15) is 18.0 Å². The molecule has 7 nitrogen and oxygen atoms in total. The number of rotatable bonds is 10. The number of likely N-dealkylation sites (N-methyl/N-ethyl adjacent to an activating group) is 1. The molecule has 0 saturated carbocycles. The second-order valence-electron chi connectivity index (χ2n) is 7.50. The van der Waals surface area contributed by atoms with E-state index in [2.05, 4.69) is 0 Å². The van der Waals surface area contributed by atoms with Crippen LogP contribution in [0.5, 0.6) is 0 Å². The molecule has 0 N–H and O–H groups in total. The number of esters is 1. The molecule has 0 radical (unpaired) electrons. The maximum Gasteiger partial charge on any atom is 0.338 e. The van der Waals surface area contributed by atoms with Crippen LogP contribution in [0, 0.1) is 0 Å². The van der Waals surface area contributed by atoms with Gasteiger partial charge in [0.1, 0.15) is 0 Å². The van der Waals surface area contributed by atoms with E-state index in [1.165, 1.54) is 28.6 Å². The predicted molar refractivity (Wildman–Crippen MR) is 131 cm³/mol. The summed E-state index contributed by atoms with van der Waals surface area (Å²) in [5, 5.41) is 0. The standard InChI is InChI=1S/C26H28N2O5S/c1-3-27(4-2)25(29)20-33-26(30)22-14-11-17-24(18-22)34(31,32)28(23-15-9-6-10-16-23)19-21-12-7-5-8-13-21/h5-18H,3-4,19-20H2,1-2H3. The minimum Gasteiger partial charge on any atom is -0.452 e. The molecule has 34 heavy (non-hydrogen) atoms. The van der Waals surface area contributed by atoms with Crippen molar-refractivity contribution < 1.29 is 22.7 Å². The van der Waals surface area contributed by atoms with Gasteiger partial charge in [-0.15, -0.1) is 0 Å². The first kappa shape index (κ1) is 25.0. The lowest BCUT2D eigenvalue weighted by atomic mass is 10.2. The van der Waals surface area contributed by atoms with E-state index in [1.807, 2.05) is 50.2 Å². The second-order valence-corrected chi connectivity index (χ2v) is 9.37. The number of nitrogens with zero attached hydrogens (tertiary/aromatic N) is 2. The maximum atomic E-state index is 13.7. The van der Waals surface area contributed by atoms with E-state index < -0.39 is 22.6 Å². The summed E-state index contributed by atoms with van der Waals surface area (Å²) in [5.41, 5.74) is 1.38.